The van der Waals surface area contributed by atoms with Crippen molar-refractivity contribution >= 4 is 34.2 Å². The van der Waals surface area contributed by atoms with Gasteiger partial charge < -0.3 is 15.7 Å². The minimum atomic E-state index is -3.48. The SMILES string of the molecule is CCNc1nn(C)c2c(-c3ccc(C#CC(C)(C)O)nc3C(Cc3cc(F)cc(F)c3)NC(=O)Cn3nc(C(F)F)c4c3C(F)(F)C3CCC43)ccc(Cl)c12. The van der Waals surface area contributed by atoms with E-state index in [0.29, 0.717) is 56.6 Å². The fourth-order valence-electron chi connectivity index (χ4n) is 7.64. The van der Waals surface area contributed by atoms with E-state index in [2.05, 4.69) is 32.7 Å². The predicted molar refractivity (Wildman–Crippen MR) is 194 cm³/mol. The van der Waals surface area contributed by atoms with E-state index in [-0.39, 0.29) is 35.4 Å². The Labute approximate surface area is 317 Å². The number of alkyl halides is 4. The molecule has 2 aliphatic rings. The van der Waals surface area contributed by atoms with Crippen molar-refractivity contribution in [1.29, 1.82) is 0 Å². The number of carbonyl (C=O) groups excluding carboxylic acids is 1. The minimum absolute atomic E-state index is 0.114. The summed E-state index contributed by atoms with van der Waals surface area (Å²) < 4.78 is 90.9. The molecule has 16 heteroatoms. The number of aryl methyl sites for hydroxylation is 1. The van der Waals surface area contributed by atoms with Crippen LogP contribution in [0.4, 0.5) is 32.2 Å². The molecule has 1 fully saturated rings. The second-order valence-corrected chi connectivity index (χ2v) is 14.8. The average molecular weight is 784 g/mol. The van der Waals surface area contributed by atoms with E-state index in [1.165, 1.54) is 13.8 Å². The second kappa shape index (κ2) is 14.2. The Hall–Kier alpha value is -5.07. The van der Waals surface area contributed by atoms with Gasteiger partial charge in [0.2, 0.25) is 5.91 Å². The zero-order chi connectivity index (χ0) is 39.6. The van der Waals surface area contributed by atoms with Gasteiger partial charge in [-0.2, -0.15) is 19.0 Å². The van der Waals surface area contributed by atoms with Gasteiger partial charge >= 0.3 is 0 Å². The van der Waals surface area contributed by atoms with Crippen molar-refractivity contribution < 1.29 is 36.2 Å². The number of hydrogen-bond donors (Lipinski definition) is 3. The van der Waals surface area contributed by atoms with Gasteiger partial charge in [0.15, 0.2) is 5.82 Å². The van der Waals surface area contributed by atoms with E-state index in [4.69, 9.17) is 16.6 Å². The van der Waals surface area contributed by atoms with Crippen LogP contribution in [0.15, 0.2) is 42.5 Å². The van der Waals surface area contributed by atoms with Crippen LogP contribution < -0.4 is 10.6 Å². The highest BCUT2D eigenvalue weighted by Crippen LogP contribution is 2.63. The Morgan fingerprint density at radius 3 is 2.42 bits per heavy atom. The van der Waals surface area contributed by atoms with Gasteiger partial charge in [0.25, 0.3) is 12.3 Å². The van der Waals surface area contributed by atoms with Crippen molar-refractivity contribution in [2.45, 2.75) is 76.5 Å². The number of nitrogens with zero attached hydrogens (tertiary/aromatic N) is 5. The van der Waals surface area contributed by atoms with Crippen LogP contribution in [0.1, 0.15) is 85.9 Å². The summed E-state index contributed by atoms with van der Waals surface area (Å²) in [6.07, 6.45) is -2.94. The third-order valence-electron chi connectivity index (χ3n) is 9.96. The summed E-state index contributed by atoms with van der Waals surface area (Å²) in [5, 5.41) is 25.7. The number of amides is 1. The molecule has 0 bridgehead atoms. The van der Waals surface area contributed by atoms with Gasteiger partial charge in [-0.05, 0) is 87.8 Å². The predicted octanol–water partition coefficient (Wildman–Crippen LogP) is 7.95. The molecule has 1 saturated carbocycles. The number of benzene rings is 2. The second-order valence-electron chi connectivity index (χ2n) is 14.4. The summed E-state index contributed by atoms with van der Waals surface area (Å²) in [6.45, 7) is 4.54. The van der Waals surface area contributed by atoms with Gasteiger partial charge in [-0.3, -0.25) is 14.2 Å². The number of hydrogen-bond acceptors (Lipinski definition) is 6. The molecule has 0 radical (unpaired) electrons. The molecule has 5 aromatic rings. The van der Waals surface area contributed by atoms with Gasteiger partial charge in [0, 0.05) is 42.3 Å². The van der Waals surface area contributed by atoms with Gasteiger partial charge in [0.05, 0.1) is 27.7 Å². The molecule has 3 aromatic heterocycles. The number of aliphatic hydroxyl groups is 1. The number of carbonyl (C=O) groups is 1. The van der Waals surface area contributed by atoms with E-state index < -0.39 is 71.3 Å². The third kappa shape index (κ3) is 7.13. The molecule has 3 heterocycles. The summed E-state index contributed by atoms with van der Waals surface area (Å²) >= 11 is 6.68. The lowest BCUT2D eigenvalue weighted by Crippen LogP contribution is -2.36. The first-order valence-electron chi connectivity index (χ1n) is 17.6. The molecule has 0 saturated heterocycles. The summed E-state index contributed by atoms with van der Waals surface area (Å²) in [6, 6.07) is 8.29. The first kappa shape index (κ1) is 38.2. The van der Waals surface area contributed by atoms with E-state index >= 15 is 8.78 Å². The molecule has 3 atom stereocenters. The van der Waals surface area contributed by atoms with Crippen LogP contribution in [0.5, 0.6) is 0 Å². The van der Waals surface area contributed by atoms with Crippen molar-refractivity contribution in [2.24, 2.45) is 13.0 Å². The first-order valence-corrected chi connectivity index (χ1v) is 18.0. The lowest BCUT2D eigenvalue weighted by atomic mass is 9.73. The molecule has 1 amide bonds. The monoisotopic (exact) mass is 783 g/mol. The fourth-order valence-corrected chi connectivity index (χ4v) is 7.88. The van der Waals surface area contributed by atoms with Crippen molar-refractivity contribution in [3.63, 3.8) is 0 Å². The Morgan fingerprint density at radius 1 is 1.07 bits per heavy atom. The number of halogens is 7. The Bertz CT molecular complexity index is 2370. The zero-order valence-electron chi connectivity index (χ0n) is 30.1. The van der Waals surface area contributed by atoms with Crippen LogP contribution in [0.3, 0.4) is 0 Å². The minimum Gasteiger partial charge on any atom is -0.378 e. The molecule has 3 N–H and O–H groups in total. The van der Waals surface area contributed by atoms with Crippen LogP contribution in [0.2, 0.25) is 5.02 Å². The Balaban J connectivity index is 1.38. The quantitative estimate of drug-likeness (QED) is 0.0981. The van der Waals surface area contributed by atoms with Crippen LogP contribution >= 0.6 is 11.6 Å². The maximum Gasteiger partial charge on any atom is 0.293 e. The molecule has 7 rings (SSSR count). The Morgan fingerprint density at radius 2 is 1.78 bits per heavy atom. The molecular weight excluding hydrogens is 748 g/mol. The van der Waals surface area contributed by atoms with Crippen LogP contribution in [0, 0.1) is 29.4 Å². The Kier molecular flexibility index (Phi) is 9.88. The smallest absolute Gasteiger partial charge is 0.293 e. The molecule has 0 spiro atoms. The van der Waals surface area contributed by atoms with Gasteiger partial charge in [-0.25, -0.2) is 22.5 Å². The number of aromatic nitrogens is 5. The van der Waals surface area contributed by atoms with E-state index in [9.17, 15) is 27.5 Å². The summed E-state index contributed by atoms with van der Waals surface area (Å²) in [7, 11) is 1.71. The summed E-state index contributed by atoms with van der Waals surface area (Å²) in [5.41, 5.74) is -1.12. The molecule has 0 aliphatic heterocycles. The molecule has 9 nitrogen and oxygen atoms in total. The molecule has 55 heavy (non-hydrogen) atoms. The van der Waals surface area contributed by atoms with E-state index in [0.717, 1.165) is 12.1 Å². The van der Waals surface area contributed by atoms with Crippen LogP contribution in [0.25, 0.3) is 22.0 Å². The third-order valence-corrected chi connectivity index (χ3v) is 10.3. The lowest BCUT2D eigenvalue weighted by Gasteiger charge is -2.34. The standard InChI is InChI=1S/C39H36ClF6N7O2/c1-5-47-37-31-27(40)11-9-24(34(31)52(4)51-37)23-7-6-22(12-13-38(2,3)55)48-32(23)28(16-19-14-20(41)17-21(42)15-19)49-29(54)18-53-35-30(33(50-53)36(43)44)25-8-10-26(25)39(35,45)46/h6-7,9,11,14-15,17,25-26,28,36,55H,5,8,10,16,18H2,1-4H3,(H,47,51)(H,49,54). The van der Waals surface area contributed by atoms with Crippen LogP contribution in [-0.2, 0) is 30.7 Å². The van der Waals surface area contributed by atoms with Gasteiger partial charge in [-0.15, -0.1) is 0 Å². The molecular formula is C39H36ClF6N7O2. The van der Waals surface area contributed by atoms with Crippen LogP contribution in [-0.4, -0.2) is 47.7 Å². The van der Waals surface area contributed by atoms with E-state index in [1.54, 1.807) is 36.0 Å². The topological polar surface area (TPSA) is 110 Å². The number of nitrogens with one attached hydrogen (secondary N) is 2. The maximum atomic E-state index is 15.6. The molecule has 2 aromatic carbocycles. The summed E-state index contributed by atoms with van der Waals surface area (Å²) in [4.78, 5) is 18.8. The largest absolute Gasteiger partial charge is 0.378 e. The average Bonchev–Trinajstić information content (AvgIpc) is 3.65. The first-order chi connectivity index (χ1) is 26.0. The number of fused-ring (bicyclic) bond motifs is 4. The van der Waals surface area contributed by atoms with E-state index in [1.807, 2.05) is 6.92 Å². The van der Waals surface area contributed by atoms with Crippen molar-refractivity contribution in [1.82, 2.24) is 29.9 Å². The normalized spacial score (nSPS) is 17.7. The number of rotatable bonds is 10. The summed E-state index contributed by atoms with van der Waals surface area (Å²) in [5.74, 6) is -2.06. The van der Waals surface area contributed by atoms with Crippen molar-refractivity contribution in [3.05, 3.63) is 93.0 Å². The fraction of sp³-hybridized carbons (Fsp3) is 0.385. The van der Waals surface area contributed by atoms with Gasteiger partial charge in [0.1, 0.15) is 40.9 Å². The van der Waals surface area contributed by atoms with Crippen molar-refractivity contribution in [2.75, 3.05) is 11.9 Å². The lowest BCUT2D eigenvalue weighted by molar-refractivity contribution is -0.123. The molecule has 3 unspecified atom stereocenters. The number of anilines is 1. The maximum absolute atomic E-state index is 15.6. The number of pyridine rings is 1. The van der Waals surface area contributed by atoms with Crippen molar-refractivity contribution in [3.8, 4) is 23.0 Å². The highest BCUT2D eigenvalue weighted by molar-refractivity contribution is 6.37. The molecule has 2 aliphatic carbocycles. The zero-order valence-corrected chi connectivity index (χ0v) is 30.9. The molecule has 288 valence electrons. The highest BCUT2D eigenvalue weighted by atomic mass is 35.5. The van der Waals surface area contributed by atoms with Gasteiger partial charge in [-0.1, -0.05) is 23.6 Å². The highest BCUT2D eigenvalue weighted by Gasteiger charge is 2.62.